The summed E-state index contributed by atoms with van der Waals surface area (Å²) in [7, 11) is 0. The zero-order valence-corrected chi connectivity index (χ0v) is 10.8. The molecule has 0 radical (unpaired) electrons. The fourth-order valence-electron chi connectivity index (χ4n) is 1.91. The standard InChI is InChI=1S/C16H17F2N/c1-12(14-5-3-2-4-6-14)19-11-13-7-9-15(10-8-13)16(17)18/h2-10,12,16,19H,11H2,1H3/t12-/m1/s1. The van der Waals surface area contributed by atoms with Crippen molar-refractivity contribution in [3.05, 3.63) is 71.3 Å². The molecule has 1 atom stereocenters. The van der Waals surface area contributed by atoms with Crippen LogP contribution in [0.15, 0.2) is 54.6 Å². The van der Waals surface area contributed by atoms with Gasteiger partial charge < -0.3 is 5.32 Å². The average Bonchev–Trinajstić information content (AvgIpc) is 2.46. The van der Waals surface area contributed by atoms with Crippen LogP contribution < -0.4 is 5.32 Å². The molecule has 0 aromatic heterocycles. The van der Waals surface area contributed by atoms with Gasteiger partial charge in [0.15, 0.2) is 0 Å². The highest BCUT2D eigenvalue weighted by Gasteiger charge is 2.07. The van der Waals surface area contributed by atoms with Crippen LogP contribution in [-0.4, -0.2) is 0 Å². The molecule has 2 rings (SSSR count). The van der Waals surface area contributed by atoms with Crippen molar-refractivity contribution >= 4 is 0 Å². The summed E-state index contributed by atoms with van der Waals surface area (Å²) in [6.45, 7) is 2.75. The zero-order valence-electron chi connectivity index (χ0n) is 10.8. The highest BCUT2D eigenvalue weighted by Crippen LogP contribution is 2.19. The van der Waals surface area contributed by atoms with Gasteiger partial charge in [-0.25, -0.2) is 8.78 Å². The van der Waals surface area contributed by atoms with Crippen LogP contribution >= 0.6 is 0 Å². The molecule has 0 heterocycles. The Labute approximate surface area is 112 Å². The van der Waals surface area contributed by atoms with E-state index in [0.29, 0.717) is 6.54 Å². The van der Waals surface area contributed by atoms with E-state index in [1.165, 1.54) is 17.7 Å². The summed E-state index contributed by atoms with van der Waals surface area (Å²) < 4.78 is 24.8. The Morgan fingerprint density at radius 2 is 1.53 bits per heavy atom. The predicted octanol–water partition coefficient (Wildman–Crippen LogP) is 4.48. The molecule has 0 aliphatic rings. The Bertz CT molecular complexity index is 494. The minimum Gasteiger partial charge on any atom is -0.306 e. The van der Waals surface area contributed by atoms with Crippen LogP contribution in [-0.2, 0) is 6.54 Å². The number of hydrogen-bond acceptors (Lipinski definition) is 1. The summed E-state index contributed by atoms with van der Waals surface area (Å²) in [5.41, 5.74) is 2.29. The maximum Gasteiger partial charge on any atom is 0.263 e. The molecule has 0 amide bonds. The highest BCUT2D eigenvalue weighted by molar-refractivity contribution is 5.24. The summed E-state index contributed by atoms with van der Waals surface area (Å²) in [6, 6.07) is 16.8. The monoisotopic (exact) mass is 261 g/mol. The van der Waals surface area contributed by atoms with Crippen molar-refractivity contribution in [2.75, 3.05) is 0 Å². The molecule has 0 saturated carbocycles. The Morgan fingerprint density at radius 1 is 0.895 bits per heavy atom. The number of alkyl halides is 2. The molecule has 100 valence electrons. The quantitative estimate of drug-likeness (QED) is 0.837. The number of nitrogens with one attached hydrogen (secondary N) is 1. The van der Waals surface area contributed by atoms with Crippen molar-refractivity contribution in [2.24, 2.45) is 0 Å². The first-order valence-corrected chi connectivity index (χ1v) is 6.32. The first-order valence-electron chi connectivity index (χ1n) is 6.32. The van der Waals surface area contributed by atoms with Crippen LogP contribution in [0.1, 0.15) is 36.1 Å². The number of benzene rings is 2. The molecular formula is C16H17F2N. The van der Waals surface area contributed by atoms with E-state index in [1.54, 1.807) is 12.1 Å². The fourth-order valence-corrected chi connectivity index (χ4v) is 1.91. The third-order valence-electron chi connectivity index (χ3n) is 3.14. The Kier molecular flexibility index (Phi) is 4.63. The largest absolute Gasteiger partial charge is 0.306 e. The summed E-state index contributed by atoms with van der Waals surface area (Å²) >= 11 is 0. The molecule has 2 aromatic rings. The molecule has 0 spiro atoms. The maximum absolute atomic E-state index is 12.4. The van der Waals surface area contributed by atoms with E-state index >= 15 is 0 Å². The van der Waals surface area contributed by atoms with Gasteiger partial charge in [-0.1, -0.05) is 54.6 Å². The zero-order chi connectivity index (χ0) is 13.7. The molecule has 0 bridgehead atoms. The van der Waals surface area contributed by atoms with Gasteiger partial charge in [0.1, 0.15) is 0 Å². The van der Waals surface area contributed by atoms with Crippen molar-refractivity contribution in [3.8, 4) is 0 Å². The van der Waals surface area contributed by atoms with Gasteiger partial charge in [-0.15, -0.1) is 0 Å². The minimum absolute atomic E-state index is 0.0693. The molecule has 0 saturated heterocycles. The second-order valence-electron chi connectivity index (χ2n) is 4.56. The van der Waals surface area contributed by atoms with E-state index in [4.69, 9.17) is 0 Å². The van der Waals surface area contributed by atoms with Crippen LogP contribution in [0.25, 0.3) is 0 Å². The summed E-state index contributed by atoms with van der Waals surface area (Å²) in [6.07, 6.45) is -2.40. The van der Waals surface area contributed by atoms with Crippen LogP contribution in [0.5, 0.6) is 0 Å². The first kappa shape index (κ1) is 13.7. The van der Waals surface area contributed by atoms with Crippen LogP contribution in [0.2, 0.25) is 0 Å². The summed E-state index contributed by atoms with van der Waals surface area (Å²) in [5, 5.41) is 3.38. The molecule has 19 heavy (non-hydrogen) atoms. The molecule has 0 fully saturated rings. The van der Waals surface area contributed by atoms with Gasteiger partial charge in [-0.05, 0) is 18.1 Å². The van der Waals surface area contributed by atoms with Gasteiger partial charge in [0.05, 0.1) is 0 Å². The lowest BCUT2D eigenvalue weighted by Gasteiger charge is -2.14. The van der Waals surface area contributed by atoms with Gasteiger partial charge in [0.2, 0.25) is 0 Å². The number of rotatable bonds is 5. The SMILES string of the molecule is C[C@@H](NCc1ccc(C(F)F)cc1)c1ccccc1. The van der Waals surface area contributed by atoms with Gasteiger partial charge in [0.25, 0.3) is 6.43 Å². The second-order valence-corrected chi connectivity index (χ2v) is 4.56. The lowest BCUT2D eigenvalue weighted by atomic mass is 10.1. The lowest BCUT2D eigenvalue weighted by molar-refractivity contribution is 0.151. The van der Waals surface area contributed by atoms with Crippen LogP contribution in [0.3, 0.4) is 0 Å². The topological polar surface area (TPSA) is 12.0 Å². The van der Waals surface area contributed by atoms with E-state index in [2.05, 4.69) is 24.4 Å². The Balaban J connectivity index is 1.92. The normalized spacial score (nSPS) is 12.6. The highest BCUT2D eigenvalue weighted by atomic mass is 19.3. The van der Waals surface area contributed by atoms with Crippen molar-refractivity contribution < 1.29 is 8.78 Å². The molecular weight excluding hydrogens is 244 g/mol. The van der Waals surface area contributed by atoms with Crippen molar-refractivity contribution in [1.29, 1.82) is 0 Å². The third kappa shape index (κ3) is 3.86. The van der Waals surface area contributed by atoms with Crippen molar-refractivity contribution in [3.63, 3.8) is 0 Å². The van der Waals surface area contributed by atoms with E-state index in [9.17, 15) is 8.78 Å². The molecule has 3 heteroatoms. The second kappa shape index (κ2) is 6.43. The van der Waals surface area contributed by atoms with Crippen molar-refractivity contribution in [2.45, 2.75) is 25.9 Å². The number of halogens is 2. The minimum atomic E-state index is -2.40. The van der Waals surface area contributed by atoms with E-state index < -0.39 is 6.43 Å². The molecule has 0 aliphatic carbocycles. The van der Waals surface area contributed by atoms with Crippen molar-refractivity contribution in [1.82, 2.24) is 5.32 Å². The summed E-state index contributed by atoms with van der Waals surface area (Å²) in [4.78, 5) is 0. The molecule has 1 nitrogen and oxygen atoms in total. The molecule has 1 N–H and O–H groups in total. The maximum atomic E-state index is 12.4. The van der Waals surface area contributed by atoms with Gasteiger partial charge >= 0.3 is 0 Å². The number of hydrogen-bond donors (Lipinski definition) is 1. The average molecular weight is 261 g/mol. The molecule has 0 unspecified atom stereocenters. The molecule has 0 aliphatic heterocycles. The first-order chi connectivity index (χ1) is 9.16. The van der Waals surface area contributed by atoms with E-state index in [-0.39, 0.29) is 11.6 Å². The van der Waals surface area contributed by atoms with Gasteiger partial charge in [-0.3, -0.25) is 0 Å². The van der Waals surface area contributed by atoms with Gasteiger partial charge in [0, 0.05) is 18.2 Å². The smallest absolute Gasteiger partial charge is 0.263 e. The van der Waals surface area contributed by atoms with E-state index in [0.717, 1.165) is 5.56 Å². The fraction of sp³-hybridized carbons (Fsp3) is 0.250. The Hall–Kier alpha value is -1.74. The van der Waals surface area contributed by atoms with E-state index in [1.807, 2.05) is 18.2 Å². The summed E-state index contributed by atoms with van der Waals surface area (Å²) in [5.74, 6) is 0. The predicted molar refractivity (Wildman–Crippen MR) is 73.1 cm³/mol. The Morgan fingerprint density at radius 3 is 2.11 bits per heavy atom. The lowest BCUT2D eigenvalue weighted by Crippen LogP contribution is -2.17. The molecule has 2 aromatic carbocycles. The van der Waals surface area contributed by atoms with Crippen LogP contribution in [0.4, 0.5) is 8.78 Å². The van der Waals surface area contributed by atoms with Gasteiger partial charge in [-0.2, -0.15) is 0 Å². The third-order valence-corrected chi connectivity index (χ3v) is 3.14. The van der Waals surface area contributed by atoms with Crippen LogP contribution in [0, 0.1) is 0 Å².